The van der Waals surface area contributed by atoms with Crippen LogP contribution in [0.1, 0.15) is 29.7 Å². The fraction of sp³-hybridized carbons (Fsp3) is 0.536. The van der Waals surface area contributed by atoms with Crippen LogP contribution in [0.2, 0.25) is 5.15 Å². The molecule has 2 aromatic rings. The van der Waals surface area contributed by atoms with E-state index in [9.17, 15) is 22.4 Å². The molecule has 0 aliphatic carbocycles. The second kappa shape index (κ2) is 12.5. The number of nitrogens with zero attached hydrogens (tertiary/aromatic N) is 8. The molecule has 2 atom stereocenters. The third kappa shape index (κ3) is 6.47. The van der Waals surface area contributed by atoms with Gasteiger partial charge in [-0.05, 0) is 38.9 Å². The second-order valence-electron chi connectivity index (χ2n) is 10.9. The zero-order valence-corrected chi connectivity index (χ0v) is 24.3. The molecule has 0 N–H and O–H groups in total. The first kappa shape index (κ1) is 30.7. The Morgan fingerprint density at radius 2 is 2.00 bits per heavy atom. The van der Waals surface area contributed by atoms with E-state index in [0.717, 1.165) is 24.9 Å². The summed E-state index contributed by atoms with van der Waals surface area (Å²) >= 11 is 5.90. The average Bonchev–Trinajstić information content (AvgIpc) is 3.38. The molecule has 0 aromatic carbocycles. The van der Waals surface area contributed by atoms with E-state index in [1.165, 1.54) is 17.2 Å². The van der Waals surface area contributed by atoms with Gasteiger partial charge in [0, 0.05) is 44.0 Å². The van der Waals surface area contributed by atoms with Crippen molar-refractivity contribution < 1.29 is 27.1 Å². The lowest BCUT2D eigenvalue weighted by molar-refractivity contribution is -0.137. The zero-order valence-electron chi connectivity index (χ0n) is 23.6. The summed E-state index contributed by atoms with van der Waals surface area (Å²) in [7, 11) is 2.01. The van der Waals surface area contributed by atoms with Gasteiger partial charge >= 0.3 is 12.2 Å². The lowest BCUT2D eigenvalue weighted by Crippen LogP contribution is -2.57. The highest BCUT2D eigenvalue weighted by atomic mass is 35.5. The highest BCUT2D eigenvalue weighted by molar-refractivity contribution is 6.30. The summed E-state index contributed by atoms with van der Waals surface area (Å²) in [6.07, 6.45) is -1.15. The minimum Gasteiger partial charge on any atom is -0.462 e. The summed E-state index contributed by atoms with van der Waals surface area (Å²) in [5, 5.41) is -0.627. The Kier molecular flexibility index (Phi) is 8.94. The van der Waals surface area contributed by atoms with Gasteiger partial charge in [-0.1, -0.05) is 18.2 Å². The number of amides is 1. The van der Waals surface area contributed by atoms with Gasteiger partial charge in [0.15, 0.2) is 5.83 Å². The van der Waals surface area contributed by atoms with Crippen molar-refractivity contribution in [2.45, 2.75) is 44.1 Å². The van der Waals surface area contributed by atoms with Crippen LogP contribution in [0.3, 0.4) is 0 Å². The van der Waals surface area contributed by atoms with Crippen LogP contribution in [0, 0.1) is 6.57 Å². The number of likely N-dealkylation sites (tertiary alicyclic amines) is 1. The normalized spacial score (nSPS) is 21.0. The van der Waals surface area contributed by atoms with Crippen molar-refractivity contribution in [3.63, 3.8) is 0 Å². The van der Waals surface area contributed by atoms with Gasteiger partial charge in [0.25, 0.3) is 5.91 Å². The molecule has 2 saturated heterocycles. The molecule has 10 nitrogen and oxygen atoms in total. The molecular weight excluding hydrogens is 592 g/mol. The van der Waals surface area contributed by atoms with Crippen molar-refractivity contribution in [3.8, 4) is 6.01 Å². The minimum atomic E-state index is -4.71. The number of aromatic nitrogens is 3. The molecule has 0 spiro atoms. The molecule has 2 aromatic heterocycles. The van der Waals surface area contributed by atoms with Crippen molar-refractivity contribution in [2.75, 3.05) is 62.7 Å². The van der Waals surface area contributed by atoms with Gasteiger partial charge in [0.2, 0.25) is 6.54 Å². The van der Waals surface area contributed by atoms with Crippen LogP contribution in [-0.2, 0) is 23.9 Å². The fourth-order valence-electron chi connectivity index (χ4n) is 5.97. The van der Waals surface area contributed by atoms with E-state index in [1.807, 2.05) is 11.9 Å². The Morgan fingerprint density at radius 1 is 1.21 bits per heavy atom. The monoisotopic (exact) mass is 622 g/mol. The lowest BCUT2D eigenvalue weighted by Gasteiger charge is -2.41. The van der Waals surface area contributed by atoms with Crippen molar-refractivity contribution in [3.05, 3.63) is 58.1 Å². The van der Waals surface area contributed by atoms with Gasteiger partial charge in [0.1, 0.15) is 29.2 Å². The fourth-order valence-corrected chi connectivity index (χ4v) is 6.23. The molecule has 3 aliphatic rings. The number of hydrogen-bond acceptors (Lipinski definition) is 8. The lowest BCUT2D eigenvalue weighted by atomic mass is 10.0. The number of fused-ring (bicyclic) bond motifs is 1. The molecule has 0 saturated carbocycles. The van der Waals surface area contributed by atoms with E-state index in [0.29, 0.717) is 31.1 Å². The number of ether oxygens (including phenoxy) is 1. The van der Waals surface area contributed by atoms with Crippen molar-refractivity contribution >= 4 is 29.0 Å². The van der Waals surface area contributed by atoms with E-state index in [2.05, 4.69) is 26.3 Å². The largest absolute Gasteiger partial charge is 0.462 e. The van der Waals surface area contributed by atoms with Gasteiger partial charge in [-0.3, -0.25) is 4.79 Å². The summed E-state index contributed by atoms with van der Waals surface area (Å²) < 4.78 is 61.7. The van der Waals surface area contributed by atoms with Crippen LogP contribution in [-0.4, -0.2) is 95.7 Å². The first-order valence-electron chi connectivity index (χ1n) is 13.9. The second-order valence-corrected chi connectivity index (χ2v) is 11.2. The predicted molar refractivity (Wildman–Crippen MR) is 152 cm³/mol. The average molecular weight is 623 g/mol. The number of rotatable bonds is 7. The van der Waals surface area contributed by atoms with Crippen LogP contribution in [0.25, 0.3) is 4.85 Å². The molecule has 15 heteroatoms. The van der Waals surface area contributed by atoms with Crippen LogP contribution >= 0.6 is 11.6 Å². The number of anilines is 2. The molecule has 0 unspecified atom stereocenters. The Hall–Kier alpha value is -3.70. The number of likely N-dealkylation sites (N-methyl/N-ethyl adjacent to an activating group) is 1. The number of carbonyl (C=O) groups is 1. The Bertz CT molecular complexity index is 1430. The van der Waals surface area contributed by atoms with Crippen LogP contribution in [0.4, 0.5) is 29.1 Å². The van der Waals surface area contributed by atoms with Gasteiger partial charge in [0.05, 0.1) is 17.9 Å². The summed E-state index contributed by atoms with van der Waals surface area (Å²) in [6, 6.07) is 0.956. The topological polar surface area (TPSA) is 82.3 Å². The van der Waals surface area contributed by atoms with Crippen LogP contribution in [0.5, 0.6) is 6.01 Å². The maximum Gasteiger partial charge on any atom is 0.421 e. The SMILES string of the molecule is [C-]#[N+]C[C@H]1CN(c2nc(OC[C@@H]3CCCN3C)nc3c2CCN(c2ccnc(Cl)c2C(F)(F)F)C3)CCN1C(=O)C(=C)F. The molecule has 0 bridgehead atoms. The smallest absolute Gasteiger partial charge is 0.421 e. The number of piperazine rings is 1. The third-order valence-corrected chi connectivity index (χ3v) is 8.47. The van der Waals surface area contributed by atoms with Crippen molar-refractivity contribution in [1.82, 2.24) is 24.8 Å². The van der Waals surface area contributed by atoms with E-state index in [4.69, 9.17) is 27.9 Å². The van der Waals surface area contributed by atoms with E-state index < -0.39 is 34.7 Å². The van der Waals surface area contributed by atoms with Gasteiger partial charge in [-0.15, -0.1) is 0 Å². The van der Waals surface area contributed by atoms with Crippen LogP contribution in [0.15, 0.2) is 24.7 Å². The van der Waals surface area contributed by atoms with E-state index in [1.54, 1.807) is 4.90 Å². The van der Waals surface area contributed by atoms with Gasteiger partial charge in [-0.25, -0.2) is 15.9 Å². The van der Waals surface area contributed by atoms with E-state index in [-0.39, 0.29) is 50.5 Å². The standard InChI is InChI=1S/C28H31ClF4N8O2/c1-17(30)26(42)41-12-11-40(14-19(41)13-34-2)25-20-7-10-39(22-6-8-35-24(29)23(22)28(31,32)33)15-21(20)36-27(37-25)43-16-18-5-4-9-38(18)3/h6,8,18-19H,1,4-5,7,9-16H2,3H3/t18-,19-/m0/s1. The highest BCUT2D eigenvalue weighted by Gasteiger charge is 2.40. The molecule has 43 heavy (non-hydrogen) atoms. The maximum atomic E-state index is 14.0. The summed E-state index contributed by atoms with van der Waals surface area (Å²) in [6.45, 7) is 12.6. The Labute approximate surface area is 251 Å². The molecule has 2 fully saturated rings. The minimum absolute atomic E-state index is 0.0412. The van der Waals surface area contributed by atoms with Crippen molar-refractivity contribution in [1.29, 1.82) is 0 Å². The summed E-state index contributed by atoms with van der Waals surface area (Å²) in [5.41, 5.74) is 0.146. The van der Waals surface area contributed by atoms with E-state index >= 15 is 0 Å². The third-order valence-electron chi connectivity index (χ3n) is 8.18. The molecule has 5 rings (SSSR count). The van der Waals surface area contributed by atoms with Crippen molar-refractivity contribution in [2.24, 2.45) is 0 Å². The summed E-state index contributed by atoms with van der Waals surface area (Å²) in [4.78, 5) is 35.9. The quantitative estimate of drug-likeness (QED) is 0.198. The van der Waals surface area contributed by atoms with Gasteiger partial charge < -0.3 is 29.2 Å². The van der Waals surface area contributed by atoms with Crippen LogP contribution < -0.4 is 14.5 Å². The number of alkyl halides is 3. The maximum absolute atomic E-state index is 14.0. The number of carbonyl (C=O) groups excluding carboxylic acids is 1. The molecule has 230 valence electrons. The highest BCUT2D eigenvalue weighted by Crippen LogP contribution is 2.42. The number of hydrogen-bond donors (Lipinski definition) is 0. The molecule has 1 amide bonds. The van der Waals surface area contributed by atoms with Gasteiger partial charge in [-0.2, -0.15) is 23.1 Å². The molecular formula is C28H31ClF4N8O2. The molecule has 3 aliphatic heterocycles. The number of pyridine rings is 1. The number of halogens is 5. The predicted octanol–water partition coefficient (Wildman–Crippen LogP) is 4.00. The Morgan fingerprint density at radius 3 is 2.67 bits per heavy atom. The molecule has 5 heterocycles. The first-order chi connectivity index (χ1) is 20.5. The first-order valence-corrected chi connectivity index (χ1v) is 14.3. The molecule has 0 radical (unpaired) electrons. The summed E-state index contributed by atoms with van der Waals surface area (Å²) in [5.74, 6) is -1.41. The zero-order chi connectivity index (χ0) is 30.9. The Balaban J connectivity index is 1.49.